The summed E-state index contributed by atoms with van der Waals surface area (Å²) in [6, 6.07) is 4.76. The van der Waals surface area contributed by atoms with Crippen LogP contribution in [-0.4, -0.2) is 11.4 Å². The van der Waals surface area contributed by atoms with Gasteiger partial charge in [-0.05, 0) is 37.5 Å². The summed E-state index contributed by atoms with van der Waals surface area (Å²) in [6.07, 6.45) is 4.15. The lowest BCUT2D eigenvalue weighted by atomic mass is 9.94. The van der Waals surface area contributed by atoms with E-state index in [1.54, 1.807) is 12.1 Å². The summed E-state index contributed by atoms with van der Waals surface area (Å²) < 4.78 is 13.6. The summed E-state index contributed by atoms with van der Waals surface area (Å²) in [5.74, 6) is -0.608. The zero-order valence-corrected chi connectivity index (χ0v) is 10.6. The molecule has 1 aromatic rings. The topological polar surface area (TPSA) is 55.1 Å². The van der Waals surface area contributed by atoms with Gasteiger partial charge >= 0.3 is 0 Å². The quantitative estimate of drug-likeness (QED) is 0.866. The predicted octanol–water partition coefficient (Wildman–Crippen LogP) is 2.73. The van der Waals surface area contributed by atoms with Gasteiger partial charge in [0.15, 0.2) is 0 Å². The molecule has 1 aromatic carbocycles. The lowest BCUT2D eigenvalue weighted by molar-refractivity contribution is -0.117. The number of rotatable bonds is 3. The van der Waals surface area contributed by atoms with E-state index in [1.807, 2.05) is 6.92 Å². The van der Waals surface area contributed by atoms with Gasteiger partial charge in [-0.25, -0.2) is 4.39 Å². The molecule has 0 aliphatic heterocycles. The first-order chi connectivity index (χ1) is 8.48. The smallest absolute Gasteiger partial charge is 0.226 e. The van der Waals surface area contributed by atoms with Crippen LogP contribution < -0.4 is 11.1 Å². The van der Waals surface area contributed by atoms with Gasteiger partial charge in [-0.3, -0.25) is 4.79 Å². The maximum absolute atomic E-state index is 13.6. The highest BCUT2D eigenvalue weighted by Gasteiger charge is 2.31. The number of benzene rings is 1. The monoisotopic (exact) mass is 250 g/mol. The van der Waals surface area contributed by atoms with E-state index < -0.39 is 11.4 Å². The molecule has 3 nitrogen and oxygen atoms in total. The number of anilines is 1. The van der Waals surface area contributed by atoms with Gasteiger partial charge < -0.3 is 11.1 Å². The van der Waals surface area contributed by atoms with E-state index in [2.05, 4.69) is 5.32 Å². The molecule has 4 heteroatoms. The van der Waals surface area contributed by atoms with Gasteiger partial charge in [-0.2, -0.15) is 0 Å². The zero-order chi connectivity index (χ0) is 13.2. The first kappa shape index (κ1) is 13.0. The molecule has 0 spiro atoms. The highest BCUT2D eigenvalue weighted by Crippen LogP contribution is 2.30. The molecule has 2 rings (SSSR count). The molecule has 0 atom stereocenters. The zero-order valence-electron chi connectivity index (χ0n) is 10.6. The van der Waals surface area contributed by atoms with Crippen LogP contribution in [0.5, 0.6) is 0 Å². The molecule has 0 heterocycles. The lowest BCUT2D eigenvalue weighted by Crippen LogP contribution is -2.40. The second-order valence-electron chi connectivity index (χ2n) is 5.28. The summed E-state index contributed by atoms with van der Waals surface area (Å²) in [7, 11) is 0. The highest BCUT2D eigenvalue weighted by molar-refractivity contribution is 5.91. The number of nitrogens with two attached hydrogens (primary N) is 1. The van der Waals surface area contributed by atoms with Gasteiger partial charge in [0.2, 0.25) is 5.91 Å². The minimum absolute atomic E-state index is 0.206. The normalized spacial score (nSPS) is 17.7. The largest absolute Gasteiger partial charge is 0.325 e. The van der Waals surface area contributed by atoms with Crippen molar-refractivity contribution in [3.8, 4) is 0 Å². The molecule has 98 valence electrons. The van der Waals surface area contributed by atoms with Crippen molar-refractivity contribution < 1.29 is 9.18 Å². The number of nitrogens with one attached hydrogen (secondary N) is 1. The Morgan fingerprint density at radius 2 is 2.11 bits per heavy atom. The van der Waals surface area contributed by atoms with E-state index in [4.69, 9.17) is 5.73 Å². The molecule has 1 aliphatic rings. The molecule has 18 heavy (non-hydrogen) atoms. The Morgan fingerprint density at radius 1 is 1.44 bits per heavy atom. The SMILES string of the molecule is Cc1ccc(NC(=O)CC2(N)CCCC2)c(F)c1. The van der Waals surface area contributed by atoms with Crippen LogP contribution in [0.15, 0.2) is 18.2 Å². The molecule has 1 saturated carbocycles. The lowest BCUT2D eigenvalue weighted by Gasteiger charge is -2.22. The molecule has 0 aromatic heterocycles. The predicted molar refractivity (Wildman–Crippen MR) is 69.8 cm³/mol. The molecule has 1 amide bonds. The number of hydrogen-bond donors (Lipinski definition) is 2. The summed E-state index contributed by atoms with van der Waals surface area (Å²) in [5.41, 5.74) is 6.78. The summed E-state index contributed by atoms with van der Waals surface area (Å²) in [6.45, 7) is 1.81. The first-order valence-corrected chi connectivity index (χ1v) is 6.33. The average Bonchev–Trinajstić information content (AvgIpc) is 2.69. The van der Waals surface area contributed by atoms with Crippen LogP contribution in [0.3, 0.4) is 0 Å². The standard InChI is InChI=1S/C14H19FN2O/c1-10-4-5-12(11(15)8-10)17-13(18)9-14(16)6-2-3-7-14/h4-5,8H,2-3,6-7,9,16H2,1H3,(H,17,18). The van der Waals surface area contributed by atoms with E-state index in [1.165, 1.54) is 6.07 Å². The van der Waals surface area contributed by atoms with E-state index in [9.17, 15) is 9.18 Å². The van der Waals surface area contributed by atoms with Crippen LogP contribution in [0.1, 0.15) is 37.7 Å². The van der Waals surface area contributed by atoms with Crippen molar-refractivity contribution in [3.63, 3.8) is 0 Å². The van der Waals surface area contributed by atoms with Crippen LogP contribution >= 0.6 is 0 Å². The number of carbonyl (C=O) groups is 1. The van der Waals surface area contributed by atoms with Gasteiger partial charge in [0.05, 0.1) is 5.69 Å². The van der Waals surface area contributed by atoms with Crippen LogP contribution in [-0.2, 0) is 4.79 Å². The Kier molecular flexibility index (Phi) is 3.66. The minimum Gasteiger partial charge on any atom is -0.325 e. The second kappa shape index (κ2) is 5.06. The van der Waals surface area contributed by atoms with Crippen molar-refractivity contribution in [3.05, 3.63) is 29.6 Å². The summed E-state index contributed by atoms with van der Waals surface area (Å²) in [5, 5.41) is 2.60. The van der Waals surface area contributed by atoms with E-state index in [0.717, 1.165) is 31.2 Å². The molecule has 0 saturated heterocycles. The molecule has 0 unspecified atom stereocenters. The fourth-order valence-electron chi connectivity index (χ4n) is 2.49. The van der Waals surface area contributed by atoms with Gasteiger partial charge in [-0.1, -0.05) is 18.9 Å². The third-order valence-corrected chi connectivity index (χ3v) is 3.51. The first-order valence-electron chi connectivity index (χ1n) is 6.33. The molecule has 1 fully saturated rings. The fourth-order valence-corrected chi connectivity index (χ4v) is 2.49. The Labute approximate surface area is 107 Å². The number of amides is 1. The number of carbonyl (C=O) groups excluding carboxylic acids is 1. The van der Waals surface area contributed by atoms with E-state index >= 15 is 0 Å². The van der Waals surface area contributed by atoms with Crippen molar-refractivity contribution in [2.24, 2.45) is 5.73 Å². The summed E-state index contributed by atoms with van der Waals surface area (Å²) in [4.78, 5) is 11.9. The van der Waals surface area contributed by atoms with Crippen LogP contribution in [0.4, 0.5) is 10.1 Å². The molecular formula is C14H19FN2O. The Balaban J connectivity index is 1.98. The van der Waals surface area contributed by atoms with Crippen molar-refractivity contribution in [2.75, 3.05) is 5.32 Å². The van der Waals surface area contributed by atoms with Crippen molar-refractivity contribution in [1.29, 1.82) is 0 Å². The molecule has 1 aliphatic carbocycles. The Bertz CT molecular complexity index is 453. The van der Waals surface area contributed by atoms with Crippen molar-refractivity contribution in [2.45, 2.75) is 44.6 Å². The Morgan fingerprint density at radius 3 is 2.72 bits per heavy atom. The van der Waals surface area contributed by atoms with Gasteiger partial charge in [0.25, 0.3) is 0 Å². The maximum atomic E-state index is 13.6. The number of aryl methyl sites for hydroxylation is 1. The molecule has 0 radical (unpaired) electrons. The van der Waals surface area contributed by atoms with Gasteiger partial charge in [0, 0.05) is 12.0 Å². The Hall–Kier alpha value is -1.42. The van der Waals surface area contributed by atoms with Crippen LogP contribution in [0.25, 0.3) is 0 Å². The summed E-state index contributed by atoms with van der Waals surface area (Å²) >= 11 is 0. The number of halogens is 1. The van der Waals surface area contributed by atoms with Crippen molar-refractivity contribution >= 4 is 11.6 Å². The fraction of sp³-hybridized carbons (Fsp3) is 0.500. The van der Waals surface area contributed by atoms with Crippen molar-refractivity contribution in [1.82, 2.24) is 0 Å². The maximum Gasteiger partial charge on any atom is 0.226 e. The molecular weight excluding hydrogens is 231 g/mol. The van der Waals surface area contributed by atoms with E-state index in [0.29, 0.717) is 0 Å². The highest BCUT2D eigenvalue weighted by atomic mass is 19.1. The van der Waals surface area contributed by atoms with Crippen LogP contribution in [0, 0.1) is 12.7 Å². The van der Waals surface area contributed by atoms with Gasteiger partial charge in [-0.15, -0.1) is 0 Å². The second-order valence-corrected chi connectivity index (χ2v) is 5.28. The average molecular weight is 250 g/mol. The van der Waals surface area contributed by atoms with Gasteiger partial charge in [0.1, 0.15) is 5.82 Å². The van der Waals surface area contributed by atoms with E-state index in [-0.39, 0.29) is 18.0 Å². The third-order valence-electron chi connectivity index (χ3n) is 3.51. The minimum atomic E-state index is -0.402. The van der Waals surface area contributed by atoms with Crippen LogP contribution in [0.2, 0.25) is 0 Å². The third kappa shape index (κ3) is 3.07. The molecule has 3 N–H and O–H groups in total. The molecule has 0 bridgehead atoms. The number of hydrogen-bond acceptors (Lipinski definition) is 2.